The van der Waals surface area contributed by atoms with E-state index in [0.29, 0.717) is 16.9 Å². The number of nitrogens with zero attached hydrogens (tertiary/aromatic N) is 2. The average molecular weight is 493 g/mol. The Morgan fingerprint density at radius 2 is 1.85 bits per heavy atom. The number of hydrogen-bond donors (Lipinski definition) is 2. The van der Waals surface area contributed by atoms with Gasteiger partial charge in [0.15, 0.2) is 0 Å². The van der Waals surface area contributed by atoms with Crippen molar-refractivity contribution in [2.75, 3.05) is 5.32 Å². The lowest BCUT2D eigenvalue weighted by Gasteiger charge is -2.34. The zero-order chi connectivity index (χ0) is 23.7. The lowest BCUT2D eigenvalue weighted by Crippen LogP contribution is -2.50. The minimum Gasteiger partial charge on any atom is -0.325 e. The molecule has 2 aromatic heterocycles. The van der Waals surface area contributed by atoms with Gasteiger partial charge in [0.05, 0.1) is 5.69 Å². The Morgan fingerprint density at radius 3 is 2.59 bits per heavy atom. The molecule has 0 fully saturated rings. The van der Waals surface area contributed by atoms with E-state index >= 15 is 0 Å². The number of nitrogens with one attached hydrogen (secondary N) is 2. The molecule has 1 atom stereocenters. The minimum atomic E-state index is -3.86. The number of fused-ring (bicyclic) bond motifs is 1. The number of aromatic amines is 1. The molecule has 4 aromatic rings. The first kappa shape index (κ1) is 22.2. The number of anilines is 1. The van der Waals surface area contributed by atoms with Crippen LogP contribution in [0.5, 0.6) is 0 Å². The Bertz CT molecular complexity index is 1490. The van der Waals surface area contributed by atoms with Crippen LogP contribution < -0.4 is 10.9 Å². The molecule has 2 N–H and O–H groups in total. The van der Waals surface area contributed by atoms with Crippen LogP contribution in [0.25, 0.3) is 11.3 Å². The molecule has 1 aliphatic heterocycles. The van der Waals surface area contributed by atoms with Gasteiger partial charge in [-0.2, -0.15) is 9.40 Å². The first-order valence-electron chi connectivity index (χ1n) is 10.5. The molecule has 1 aliphatic rings. The van der Waals surface area contributed by atoms with Gasteiger partial charge in [-0.05, 0) is 47.2 Å². The van der Waals surface area contributed by atoms with Crippen molar-refractivity contribution < 1.29 is 13.2 Å². The van der Waals surface area contributed by atoms with Gasteiger partial charge in [-0.1, -0.05) is 42.5 Å². The largest absolute Gasteiger partial charge is 0.325 e. The summed E-state index contributed by atoms with van der Waals surface area (Å²) in [6.07, 6.45) is 0.272. The number of thiophene rings is 1. The zero-order valence-electron chi connectivity index (χ0n) is 17.8. The highest BCUT2D eigenvalue weighted by atomic mass is 32.2. The lowest BCUT2D eigenvalue weighted by atomic mass is 9.95. The van der Waals surface area contributed by atoms with Gasteiger partial charge in [-0.3, -0.25) is 9.59 Å². The molecular formula is C24H20N4O4S2. The third-order valence-corrected chi connectivity index (χ3v) is 8.90. The summed E-state index contributed by atoms with van der Waals surface area (Å²) in [5.74, 6) is -0.416. The second kappa shape index (κ2) is 8.98. The van der Waals surface area contributed by atoms with Crippen molar-refractivity contribution in [2.45, 2.75) is 23.2 Å². The van der Waals surface area contributed by atoms with E-state index < -0.39 is 22.0 Å². The number of benzene rings is 2. The summed E-state index contributed by atoms with van der Waals surface area (Å²) in [6.45, 7) is 0.121. The molecule has 10 heteroatoms. The Hall–Kier alpha value is -3.60. The second-order valence-corrected chi connectivity index (χ2v) is 10.9. The van der Waals surface area contributed by atoms with Crippen molar-refractivity contribution >= 4 is 33.0 Å². The Balaban J connectivity index is 1.46. The molecule has 0 radical (unpaired) electrons. The lowest BCUT2D eigenvalue weighted by molar-refractivity contribution is -0.120. The van der Waals surface area contributed by atoms with Gasteiger partial charge in [0, 0.05) is 23.9 Å². The van der Waals surface area contributed by atoms with E-state index in [9.17, 15) is 18.0 Å². The maximum atomic E-state index is 13.4. The fraction of sp³-hybridized carbons (Fsp3) is 0.125. The number of carbonyl (C=O) groups excluding carboxylic acids is 1. The number of hydrogen-bond acceptors (Lipinski definition) is 6. The summed E-state index contributed by atoms with van der Waals surface area (Å²) in [4.78, 5) is 24.7. The molecule has 0 saturated carbocycles. The summed E-state index contributed by atoms with van der Waals surface area (Å²) in [5.41, 5.74) is 3.28. The normalized spacial score (nSPS) is 16.1. The van der Waals surface area contributed by atoms with Crippen LogP contribution in [0, 0.1) is 0 Å². The van der Waals surface area contributed by atoms with Gasteiger partial charge in [0.25, 0.3) is 15.6 Å². The zero-order valence-corrected chi connectivity index (χ0v) is 19.5. The Labute approximate surface area is 199 Å². The van der Waals surface area contributed by atoms with Crippen LogP contribution in [0.2, 0.25) is 0 Å². The monoisotopic (exact) mass is 492 g/mol. The number of amides is 1. The van der Waals surface area contributed by atoms with Crippen molar-refractivity contribution in [3.63, 3.8) is 0 Å². The van der Waals surface area contributed by atoms with Gasteiger partial charge in [0.2, 0.25) is 5.91 Å². The molecule has 0 bridgehead atoms. The van der Waals surface area contributed by atoms with Crippen LogP contribution in [-0.4, -0.2) is 34.9 Å². The van der Waals surface area contributed by atoms with Crippen LogP contribution in [0.15, 0.2) is 87.2 Å². The molecule has 0 aliphatic carbocycles. The SMILES string of the molecule is O=C(Nc1cccc(-c2ccc(=O)[nH]n2)c1)[C@@H]1Cc2ccccc2CN1S(=O)(=O)c1cccs1. The molecule has 34 heavy (non-hydrogen) atoms. The number of H-pyrrole nitrogens is 1. The fourth-order valence-corrected chi connectivity index (χ4v) is 6.67. The predicted octanol–water partition coefficient (Wildman–Crippen LogP) is 3.25. The van der Waals surface area contributed by atoms with Crippen LogP contribution >= 0.6 is 11.3 Å². The van der Waals surface area contributed by atoms with Crippen molar-refractivity contribution in [1.29, 1.82) is 0 Å². The number of aromatic nitrogens is 2. The van der Waals surface area contributed by atoms with Crippen molar-refractivity contribution in [1.82, 2.24) is 14.5 Å². The van der Waals surface area contributed by atoms with Gasteiger partial charge in [-0.25, -0.2) is 13.5 Å². The van der Waals surface area contributed by atoms with E-state index in [2.05, 4.69) is 15.5 Å². The molecule has 8 nitrogen and oxygen atoms in total. The second-order valence-electron chi connectivity index (χ2n) is 7.85. The maximum absolute atomic E-state index is 13.4. The van der Waals surface area contributed by atoms with Crippen molar-refractivity contribution in [2.24, 2.45) is 0 Å². The van der Waals surface area contributed by atoms with Crippen molar-refractivity contribution in [3.8, 4) is 11.3 Å². The maximum Gasteiger partial charge on any atom is 0.264 e. The van der Waals surface area contributed by atoms with E-state index in [1.54, 1.807) is 47.8 Å². The highest BCUT2D eigenvalue weighted by molar-refractivity contribution is 7.91. The quantitative estimate of drug-likeness (QED) is 0.444. The molecule has 0 spiro atoms. The first-order chi connectivity index (χ1) is 16.4. The topological polar surface area (TPSA) is 112 Å². The van der Waals surface area contributed by atoms with Gasteiger partial charge in [-0.15, -0.1) is 11.3 Å². The van der Waals surface area contributed by atoms with Crippen LogP contribution in [0.3, 0.4) is 0 Å². The molecule has 0 saturated heterocycles. The average Bonchev–Trinajstić information content (AvgIpc) is 3.40. The molecule has 1 amide bonds. The minimum absolute atomic E-state index is 0.121. The van der Waals surface area contributed by atoms with E-state index in [-0.39, 0.29) is 22.7 Å². The smallest absolute Gasteiger partial charge is 0.264 e. The Morgan fingerprint density at radius 1 is 1.03 bits per heavy atom. The molecule has 3 heterocycles. The summed E-state index contributed by atoms with van der Waals surface area (Å²) in [5, 5.41) is 11.0. The molecule has 172 valence electrons. The number of sulfonamides is 1. The highest BCUT2D eigenvalue weighted by Gasteiger charge is 2.40. The molecular weight excluding hydrogens is 472 g/mol. The summed E-state index contributed by atoms with van der Waals surface area (Å²) >= 11 is 1.13. The van der Waals surface area contributed by atoms with Gasteiger partial charge in [0.1, 0.15) is 10.3 Å². The van der Waals surface area contributed by atoms with Crippen LogP contribution in [-0.2, 0) is 27.8 Å². The van der Waals surface area contributed by atoms with E-state index in [1.807, 2.05) is 24.3 Å². The van der Waals surface area contributed by atoms with Crippen LogP contribution in [0.1, 0.15) is 11.1 Å². The predicted molar refractivity (Wildman–Crippen MR) is 130 cm³/mol. The summed E-state index contributed by atoms with van der Waals surface area (Å²) < 4.78 is 28.3. The summed E-state index contributed by atoms with van der Waals surface area (Å²) in [6, 6.07) is 19.9. The van der Waals surface area contributed by atoms with Crippen LogP contribution in [0.4, 0.5) is 5.69 Å². The third-order valence-electron chi connectivity index (χ3n) is 5.67. The molecule has 5 rings (SSSR count). The fourth-order valence-electron chi connectivity index (χ4n) is 3.99. The number of carbonyl (C=O) groups is 1. The van der Waals surface area contributed by atoms with Crippen molar-refractivity contribution in [3.05, 3.63) is 99.7 Å². The molecule has 2 aromatic carbocycles. The Kier molecular flexibility index (Phi) is 5.86. The standard InChI is InChI=1S/C24H20N4O4S2/c29-22-11-10-20(26-27-22)17-7-3-8-19(13-17)25-24(30)21-14-16-5-1-2-6-18(16)15-28(21)34(31,32)23-9-4-12-33-23/h1-13,21H,14-15H2,(H,25,30)(H,27,29)/t21-/m0/s1. The van der Waals surface area contributed by atoms with Gasteiger partial charge >= 0.3 is 0 Å². The van der Waals surface area contributed by atoms with E-state index in [0.717, 1.165) is 22.5 Å². The van der Waals surface area contributed by atoms with E-state index in [4.69, 9.17) is 0 Å². The van der Waals surface area contributed by atoms with Gasteiger partial charge < -0.3 is 5.32 Å². The summed E-state index contributed by atoms with van der Waals surface area (Å²) in [7, 11) is -3.86. The third kappa shape index (κ3) is 4.30. The highest BCUT2D eigenvalue weighted by Crippen LogP contribution is 2.31. The first-order valence-corrected chi connectivity index (χ1v) is 12.8. The van der Waals surface area contributed by atoms with E-state index in [1.165, 1.54) is 10.4 Å². The number of rotatable bonds is 5. The molecule has 0 unspecified atom stereocenters.